The van der Waals surface area contributed by atoms with E-state index in [-0.39, 0.29) is 11.9 Å². The highest BCUT2D eigenvalue weighted by Gasteiger charge is 2.14. The second kappa shape index (κ2) is 7.22. The van der Waals surface area contributed by atoms with E-state index in [1.807, 2.05) is 50.4 Å². The van der Waals surface area contributed by atoms with Crippen molar-refractivity contribution in [2.24, 2.45) is 0 Å². The van der Waals surface area contributed by atoms with Crippen molar-refractivity contribution in [1.29, 1.82) is 0 Å². The average Bonchev–Trinajstić information content (AvgIpc) is 2.92. The number of likely N-dealkylation sites (N-methyl/N-ethyl adjacent to an activating group) is 1. The highest BCUT2D eigenvalue weighted by atomic mass is 32.1. The minimum Gasteiger partial charge on any atom is -0.345 e. The largest absolute Gasteiger partial charge is 0.345 e. The number of thiophene rings is 1. The van der Waals surface area contributed by atoms with Gasteiger partial charge in [0, 0.05) is 0 Å². The fraction of sp³-hybridized carbons (Fsp3) is 0.312. The van der Waals surface area contributed by atoms with E-state index in [0.717, 1.165) is 12.1 Å². The molecule has 106 valence electrons. The van der Waals surface area contributed by atoms with Gasteiger partial charge in [-0.3, -0.25) is 4.79 Å². The lowest BCUT2D eigenvalue weighted by molar-refractivity contribution is -0.885. The Morgan fingerprint density at radius 3 is 2.65 bits per heavy atom. The normalized spacial score (nSPS) is 13.7. The van der Waals surface area contributed by atoms with Crippen LogP contribution >= 0.6 is 11.3 Å². The fourth-order valence-corrected chi connectivity index (χ4v) is 2.98. The van der Waals surface area contributed by atoms with Crippen molar-refractivity contribution in [2.45, 2.75) is 19.5 Å². The van der Waals surface area contributed by atoms with Crippen LogP contribution in [-0.2, 0) is 11.3 Å². The van der Waals surface area contributed by atoms with Crippen LogP contribution in [-0.4, -0.2) is 19.5 Å². The average molecular weight is 289 g/mol. The van der Waals surface area contributed by atoms with Gasteiger partial charge in [-0.1, -0.05) is 36.4 Å². The van der Waals surface area contributed by atoms with Gasteiger partial charge in [0.15, 0.2) is 6.54 Å². The molecule has 0 bridgehead atoms. The highest BCUT2D eigenvalue weighted by molar-refractivity contribution is 7.09. The highest BCUT2D eigenvalue weighted by Crippen LogP contribution is 2.10. The van der Waals surface area contributed by atoms with Crippen molar-refractivity contribution in [3.05, 3.63) is 58.3 Å². The Morgan fingerprint density at radius 1 is 1.25 bits per heavy atom. The Hall–Kier alpha value is -1.65. The Morgan fingerprint density at radius 2 is 2.00 bits per heavy atom. The minimum atomic E-state index is 0.0539. The third-order valence-electron chi connectivity index (χ3n) is 3.20. The minimum absolute atomic E-state index is 0.0539. The van der Waals surface area contributed by atoms with E-state index in [4.69, 9.17) is 0 Å². The first-order valence-corrected chi connectivity index (χ1v) is 7.71. The molecule has 1 amide bonds. The van der Waals surface area contributed by atoms with Crippen LogP contribution in [0.4, 0.5) is 0 Å². The van der Waals surface area contributed by atoms with E-state index in [0.29, 0.717) is 6.54 Å². The molecule has 2 N–H and O–H groups in total. The molecule has 0 spiro atoms. The standard InChI is InChI=1S/C16H20N2OS/c1-13(14-7-4-3-5-8-14)17-16(19)12-18(2)11-15-9-6-10-20-15/h3-10,13H,11-12H2,1-2H3,(H,17,19)/p+1/t13-/m1/s1. The molecular formula is C16H21N2OS+. The summed E-state index contributed by atoms with van der Waals surface area (Å²) in [6.07, 6.45) is 0. The molecule has 1 aromatic heterocycles. The maximum Gasteiger partial charge on any atom is 0.275 e. The SMILES string of the molecule is C[C@@H](NC(=O)C[NH+](C)Cc1cccs1)c1ccccc1. The lowest BCUT2D eigenvalue weighted by Gasteiger charge is -2.17. The van der Waals surface area contributed by atoms with E-state index in [9.17, 15) is 4.79 Å². The topological polar surface area (TPSA) is 33.5 Å². The van der Waals surface area contributed by atoms with Gasteiger partial charge in [-0.15, -0.1) is 11.3 Å². The molecule has 0 aliphatic rings. The second-order valence-corrected chi connectivity index (χ2v) is 6.12. The Balaban J connectivity index is 1.80. The molecule has 0 saturated carbocycles. The van der Waals surface area contributed by atoms with Crippen LogP contribution in [0.5, 0.6) is 0 Å². The molecule has 4 heteroatoms. The second-order valence-electron chi connectivity index (χ2n) is 5.09. The van der Waals surface area contributed by atoms with Gasteiger partial charge >= 0.3 is 0 Å². The molecular weight excluding hydrogens is 268 g/mol. The molecule has 0 aliphatic heterocycles. The van der Waals surface area contributed by atoms with Gasteiger partial charge in [0.1, 0.15) is 6.54 Å². The molecule has 0 fully saturated rings. The molecule has 1 heterocycles. The fourth-order valence-electron chi connectivity index (χ4n) is 2.16. The Kier molecular flexibility index (Phi) is 5.32. The number of hydrogen-bond donors (Lipinski definition) is 2. The number of rotatable bonds is 6. The summed E-state index contributed by atoms with van der Waals surface area (Å²) >= 11 is 1.74. The zero-order valence-corrected chi connectivity index (χ0v) is 12.7. The van der Waals surface area contributed by atoms with Gasteiger partial charge in [0.05, 0.1) is 18.0 Å². The first-order chi connectivity index (χ1) is 9.65. The summed E-state index contributed by atoms with van der Waals surface area (Å²) in [5, 5.41) is 5.12. The first-order valence-electron chi connectivity index (χ1n) is 6.83. The van der Waals surface area contributed by atoms with E-state index >= 15 is 0 Å². The van der Waals surface area contributed by atoms with Gasteiger partial charge in [-0.2, -0.15) is 0 Å². The third-order valence-corrected chi connectivity index (χ3v) is 4.07. The summed E-state index contributed by atoms with van der Waals surface area (Å²) in [5.41, 5.74) is 1.14. The quantitative estimate of drug-likeness (QED) is 0.833. The molecule has 2 aromatic rings. The van der Waals surface area contributed by atoms with Gasteiger partial charge in [0.2, 0.25) is 0 Å². The summed E-state index contributed by atoms with van der Waals surface area (Å²) in [6, 6.07) is 14.2. The van der Waals surface area contributed by atoms with Crippen molar-refractivity contribution in [3.63, 3.8) is 0 Å². The summed E-state index contributed by atoms with van der Waals surface area (Å²) in [7, 11) is 2.05. The maximum absolute atomic E-state index is 12.0. The summed E-state index contributed by atoms with van der Waals surface area (Å²) in [4.78, 5) is 14.5. The van der Waals surface area contributed by atoms with Gasteiger partial charge in [0.25, 0.3) is 5.91 Å². The number of nitrogens with one attached hydrogen (secondary N) is 2. The Labute approximate surface area is 124 Å². The van der Waals surface area contributed by atoms with Crippen molar-refractivity contribution < 1.29 is 9.69 Å². The van der Waals surface area contributed by atoms with Gasteiger partial charge in [-0.05, 0) is 23.9 Å². The summed E-state index contributed by atoms with van der Waals surface area (Å²) in [5.74, 6) is 0.0930. The molecule has 1 unspecified atom stereocenters. The number of quaternary nitrogens is 1. The predicted octanol–water partition coefficient (Wildman–Crippen LogP) is 1.64. The summed E-state index contributed by atoms with van der Waals surface area (Å²) < 4.78 is 0. The van der Waals surface area contributed by atoms with Crippen molar-refractivity contribution in [2.75, 3.05) is 13.6 Å². The van der Waals surface area contributed by atoms with E-state index in [1.165, 1.54) is 9.78 Å². The van der Waals surface area contributed by atoms with Crippen molar-refractivity contribution in [1.82, 2.24) is 5.32 Å². The van der Waals surface area contributed by atoms with Crippen LogP contribution in [0.2, 0.25) is 0 Å². The molecule has 3 nitrogen and oxygen atoms in total. The molecule has 2 atom stereocenters. The van der Waals surface area contributed by atoms with E-state index < -0.39 is 0 Å². The van der Waals surface area contributed by atoms with Gasteiger partial charge in [-0.25, -0.2) is 0 Å². The molecule has 2 rings (SSSR count). The van der Waals surface area contributed by atoms with Crippen LogP contribution < -0.4 is 10.2 Å². The lowest BCUT2D eigenvalue weighted by atomic mass is 10.1. The van der Waals surface area contributed by atoms with Crippen LogP contribution in [0.15, 0.2) is 47.8 Å². The predicted molar refractivity (Wildman–Crippen MR) is 82.8 cm³/mol. The lowest BCUT2D eigenvalue weighted by Crippen LogP contribution is -3.08. The zero-order chi connectivity index (χ0) is 14.4. The zero-order valence-electron chi connectivity index (χ0n) is 11.9. The molecule has 0 saturated heterocycles. The van der Waals surface area contributed by atoms with Gasteiger partial charge < -0.3 is 10.2 Å². The van der Waals surface area contributed by atoms with E-state index in [2.05, 4.69) is 16.8 Å². The number of hydrogen-bond acceptors (Lipinski definition) is 2. The number of benzene rings is 1. The summed E-state index contributed by atoms with van der Waals surface area (Å²) in [6.45, 7) is 3.40. The maximum atomic E-state index is 12.0. The molecule has 0 aliphatic carbocycles. The van der Waals surface area contributed by atoms with E-state index in [1.54, 1.807) is 11.3 Å². The monoisotopic (exact) mass is 289 g/mol. The first kappa shape index (κ1) is 14.8. The van der Waals surface area contributed by atoms with Crippen LogP contribution in [0.3, 0.4) is 0 Å². The molecule has 20 heavy (non-hydrogen) atoms. The molecule has 0 radical (unpaired) electrons. The Bertz CT molecular complexity index is 525. The van der Waals surface area contributed by atoms with Crippen LogP contribution in [0.1, 0.15) is 23.4 Å². The van der Waals surface area contributed by atoms with Crippen molar-refractivity contribution in [3.8, 4) is 0 Å². The number of amides is 1. The number of carbonyl (C=O) groups excluding carboxylic acids is 1. The van der Waals surface area contributed by atoms with Crippen LogP contribution in [0, 0.1) is 0 Å². The smallest absolute Gasteiger partial charge is 0.275 e. The molecule has 1 aromatic carbocycles. The van der Waals surface area contributed by atoms with Crippen molar-refractivity contribution >= 4 is 17.2 Å². The van der Waals surface area contributed by atoms with Crippen LogP contribution in [0.25, 0.3) is 0 Å². The number of carbonyl (C=O) groups is 1. The third kappa shape index (κ3) is 4.47.